The predicted octanol–water partition coefficient (Wildman–Crippen LogP) is 1.92. The van der Waals surface area contributed by atoms with Crippen LogP contribution in [0.25, 0.3) is 11.2 Å². The Balaban J connectivity index is 1.63. The van der Waals surface area contributed by atoms with Gasteiger partial charge in [0.05, 0.1) is 26.0 Å². The van der Waals surface area contributed by atoms with Gasteiger partial charge in [-0.3, -0.25) is 4.79 Å². The van der Waals surface area contributed by atoms with Crippen LogP contribution in [0.15, 0.2) is 6.20 Å². The van der Waals surface area contributed by atoms with Crippen LogP contribution >= 0.6 is 0 Å². The average Bonchev–Trinajstić information content (AvgIpc) is 2.73. The van der Waals surface area contributed by atoms with Gasteiger partial charge < -0.3 is 24.7 Å². The van der Waals surface area contributed by atoms with Crippen molar-refractivity contribution in [2.24, 2.45) is 0 Å². The van der Waals surface area contributed by atoms with Crippen LogP contribution in [0.5, 0.6) is 5.88 Å². The summed E-state index contributed by atoms with van der Waals surface area (Å²) >= 11 is 0. The first-order valence-corrected chi connectivity index (χ1v) is 9.82. The first-order chi connectivity index (χ1) is 14.2. The Morgan fingerprint density at radius 3 is 2.69 bits per heavy atom. The van der Waals surface area contributed by atoms with Crippen molar-refractivity contribution in [1.82, 2.24) is 19.9 Å². The van der Waals surface area contributed by atoms with Crippen molar-refractivity contribution < 1.29 is 23.7 Å². The maximum atomic E-state index is 12.4. The summed E-state index contributed by atoms with van der Waals surface area (Å²) in [4.78, 5) is 29.3. The number of carbonyl (C=O) groups is 1. The molecule has 1 aliphatic rings. The molecule has 10 nitrogen and oxygen atoms in total. The number of nitrogens with two attached hydrogens (primary N) is 1. The first kappa shape index (κ1) is 21.3. The second-order valence-corrected chi connectivity index (χ2v) is 6.79. The number of nitrogens with zero attached hydrogens (tertiary/aromatic N) is 4. The van der Waals surface area contributed by atoms with E-state index in [1.165, 1.54) is 12.6 Å². The average molecular weight is 405 g/mol. The Kier molecular flexibility index (Phi) is 8.03. The molecule has 2 heterocycles. The zero-order valence-corrected chi connectivity index (χ0v) is 16.6. The van der Waals surface area contributed by atoms with Gasteiger partial charge in [0.1, 0.15) is 18.6 Å². The number of ketones is 1. The lowest BCUT2D eigenvalue weighted by Gasteiger charge is -2.22. The predicted molar refractivity (Wildman–Crippen MR) is 105 cm³/mol. The molecule has 10 heteroatoms. The van der Waals surface area contributed by atoms with E-state index in [1.54, 1.807) is 7.11 Å². The summed E-state index contributed by atoms with van der Waals surface area (Å²) in [6.45, 7) is 1.25. The number of Topliss-reactive ketones (excluding diaryl/α,β-unsaturated/α-hetero) is 1. The summed E-state index contributed by atoms with van der Waals surface area (Å²) in [6, 6.07) is 0. The fourth-order valence-electron chi connectivity index (χ4n) is 3.07. The van der Waals surface area contributed by atoms with Crippen molar-refractivity contribution in [3.63, 3.8) is 0 Å². The molecular formula is C19H27N5O5. The number of hydrogen-bond acceptors (Lipinski definition) is 10. The van der Waals surface area contributed by atoms with E-state index in [1.807, 2.05) is 0 Å². The van der Waals surface area contributed by atoms with Crippen LogP contribution in [0.1, 0.15) is 49.0 Å². The van der Waals surface area contributed by atoms with Crippen molar-refractivity contribution >= 4 is 22.9 Å². The smallest absolute Gasteiger partial charge is 0.247 e. The van der Waals surface area contributed by atoms with Crippen LogP contribution in [0.2, 0.25) is 0 Å². The molecule has 2 N–H and O–H groups in total. The lowest BCUT2D eigenvalue weighted by Crippen LogP contribution is -2.21. The first-order valence-electron chi connectivity index (χ1n) is 9.82. The molecule has 2 aromatic rings. The van der Waals surface area contributed by atoms with Crippen LogP contribution in [-0.2, 0) is 14.2 Å². The van der Waals surface area contributed by atoms with Crippen LogP contribution in [0.4, 0.5) is 5.95 Å². The summed E-state index contributed by atoms with van der Waals surface area (Å²) in [5, 5.41) is 0. The van der Waals surface area contributed by atoms with Gasteiger partial charge >= 0.3 is 0 Å². The molecule has 0 spiro atoms. The Morgan fingerprint density at radius 1 is 1.10 bits per heavy atom. The van der Waals surface area contributed by atoms with Gasteiger partial charge in [0.2, 0.25) is 11.8 Å². The second-order valence-electron chi connectivity index (χ2n) is 6.79. The quantitative estimate of drug-likeness (QED) is 0.336. The molecule has 2 aromatic heterocycles. The number of fused-ring (bicyclic) bond motifs is 1. The maximum Gasteiger partial charge on any atom is 0.247 e. The lowest BCUT2D eigenvalue weighted by atomic mass is 9.98. The Labute approximate surface area is 169 Å². The van der Waals surface area contributed by atoms with Crippen molar-refractivity contribution in [3.8, 4) is 5.88 Å². The maximum absolute atomic E-state index is 12.4. The van der Waals surface area contributed by atoms with Gasteiger partial charge in [-0.1, -0.05) is 6.42 Å². The van der Waals surface area contributed by atoms with Crippen molar-refractivity contribution in [3.05, 3.63) is 11.9 Å². The molecular weight excluding hydrogens is 378 g/mol. The third-order valence-electron chi connectivity index (χ3n) is 4.58. The highest BCUT2D eigenvalue weighted by atomic mass is 16.7. The van der Waals surface area contributed by atoms with Crippen LogP contribution in [-0.4, -0.2) is 65.5 Å². The third-order valence-corrected chi connectivity index (χ3v) is 4.58. The molecule has 3 rings (SSSR count). The minimum atomic E-state index is -0.197. The van der Waals surface area contributed by atoms with Crippen LogP contribution in [0, 0.1) is 0 Å². The number of ether oxygens (including phenoxy) is 4. The summed E-state index contributed by atoms with van der Waals surface area (Å²) in [7, 11) is 1.60. The van der Waals surface area contributed by atoms with Gasteiger partial charge in [0.15, 0.2) is 16.9 Å². The largest absolute Gasteiger partial charge is 0.473 e. The SMILES string of the molecule is COCCOCOCCC(=O)c1cnc2nc(N)nc(OC3CCCCC3)c2n1. The number of hydrogen-bond donors (Lipinski definition) is 1. The van der Waals surface area contributed by atoms with E-state index in [0.717, 1.165) is 25.7 Å². The normalized spacial score (nSPS) is 14.9. The fourth-order valence-corrected chi connectivity index (χ4v) is 3.07. The molecule has 0 amide bonds. The summed E-state index contributed by atoms with van der Waals surface area (Å²) in [5.41, 5.74) is 6.65. The van der Waals surface area contributed by atoms with E-state index < -0.39 is 0 Å². The third kappa shape index (κ3) is 6.28. The molecule has 158 valence electrons. The molecule has 0 radical (unpaired) electrons. The standard InChI is InChI=1S/C19H27N5O5/c1-26-9-10-28-12-27-8-7-15(25)14-11-21-17-16(22-14)18(24-19(20)23-17)29-13-5-3-2-4-6-13/h11,13H,2-10,12H2,1H3,(H2,20,21,23,24). The van der Waals surface area contributed by atoms with E-state index in [0.29, 0.717) is 24.4 Å². The molecule has 1 saturated carbocycles. The molecule has 1 fully saturated rings. The zero-order chi connectivity index (χ0) is 20.5. The highest BCUT2D eigenvalue weighted by Crippen LogP contribution is 2.26. The van der Waals surface area contributed by atoms with Gasteiger partial charge in [-0.15, -0.1) is 0 Å². The highest BCUT2D eigenvalue weighted by Gasteiger charge is 2.20. The van der Waals surface area contributed by atoms with Gasteiger partial charge in [-0.25, -0.2) is 9.97 Å². The monoisotopic (exact) mass is 405 g/mol. The van der Waals surface area contributed by atoms with Crippen LogP contribution < -0.4 is 10.5 Å². The number of rotatable bonds is 11. The topological polar surface area (TPSA) is 132 Å². The number of carbonyl (C=O) groups excluding carboxylic acids is 1. The number of anilines is 1. The summed E-state index contributed by atoms with van der Waals surface area (Å²) in [6.07, 6.45) is 6.97. The molecule has 0 saturated heterocycles. The van der Waals surface area contributed by atoms with Gasteiger partial charge in [-0.2, -0.15) is 9.97 Å². The Bertz CT molecular complexity index is 813. The number of methoxy groups -OCH3 is 1. The van der Waals surface area contributed by atoms with Crippen molar-refractivity contribution in [2.75, 3.05) is 39.5 Å². The molecule has 0 unspecified atom stereocenters. The van der Waals surface area contributed by atoms with E-state index in [9.17, 15) is 4.79 Å². The lowest BCUT2D eigenvalue weighted by molar-refractivity contribution is -0.0646. The molecule has 0 aliphatic heterocycles. The number of aromatic nitrogens is 4. The van der Waals surface area contributed by atoms with E-state index >= 15 is 0 Å². The molecule has 0 aromatic carbocycles. The molecule has 1 aliphatic carbocycles. The van der Waals surface area contributed by atoms with E-state index in [-0.39, 0.29) is 49.2 Å². The van der Waals surface area contributed by atoms with Crippen molar-refractivity contribution in [1.29, 1.82) is 0 Å². The van der Waals surface area contributed by atoms with E-state index in [4.69, 9.17) is 24.7 Å². The van der Waals surface area contributed by atoms with Crippen LogP contribution in [0.3, 0.4) is 0 Å². The van der Waals surface area contributed by atoms with Gasteiger partial charge in [0, 0.05) is 13.5 Å². The highest BCUT2D eigenvalue weighted by molar-refractivity contribution is 5.95. The van der Waals surface area contributed by atoms with Gasteiger partial charge in [0.25, 0.3) is 0 Å². The molecule has 0 bridgehead atoms. The minimum absolute atomic E-state index is 0.0638. The summed E-state index contributed by atoms with van der Waals surface area (Å²) in [5.74, 6) is 0.152. The minimum Gasteiger partial charge on any atom is -0.473 e. The Morgan fingerprint density at radius 2 is 1.90 bits per heavy atom. The Hall–Kier alpha value is -2.43. The van der Waals surface area contributed by atoms with Gasteiger partial charge in [-0.05, 0) is 25.7 Å². The summed E-state index contributed by atoms with van der Waals surface area (Å²) < 4.78 is 21.4. The molecule has 29 heavy (non-hydrogen) atoms. The molecule has 0 atom stereocenters. The zero-order valence-electron chi connectivity index (χ0n) is 16.6. The van der Waals surface area contributed by atoms with E-state index in [2.05, 4.69) is 19.9 Å². The second kappa shape index (κ2) is 10.9. The number of nitrogen functional groups attached to an aromatic ring is 1. The van der Waals surface area contributed by atoms with Crippen molar-refractivity contribution in [2.45, 2.75) is 44.6 Å². The fraction of sp³-hybridized carbons (Fsp3) is 0.632.